The standard InChI is InChI=1S/C27H30F2N2O4/c1-32-24-16-23(17-25(33-2)26(24)34-3)35-15-14-31-13-12-30-27(18-31,19-4-8-21(28)9-5-19)20-6-10-22(29)11-7-20/h4-11,16-17,30H,12-15,18H2,1-3H3. The van der Waals surface area contributed by atoms with E-state index in [-0.39, 0.29) is 11.6 Å². The first kappa shape index (κ1) is 24.8. The summed E-state index contributed by atoms with van der Waals surface area (Å²) in [6, 6.07) is 16.5. The van der Waals surface area contributed by atoms with Crippen molar-refractivity contribution in [3.8, 4) is 23.0 Å². The van der Waals surface area contributed by atoms with Crippen LogP contribution in [0.3, 0.4) is 0 Å². The number of benzene rings is 3. The Morgan fingerprint density at radius 3 is 1.86 bits per heavy atom. The molecule has 0 amide bonds. The van der Waals surface area contributed by atoms with Gasteiger partial charge >= 0.3 is 0 Å². The van der Waals surface area contributed by atoms with Crippen LogP contribution in [0.15, 0.2) is 60.7 Å². The second-order valence-corrected chi connectivity index (χ2v) is 8.33. The Kier molecular flexibility index (Phi) is 7.73. The fraction of sp³-hybridized carbons (Fsp3) is 0.333. The summed E-state index contributed by atoms with van der Waals surface area (Å²) in [6.45, 7) is 3.22. The number of hydrogen-bond acceptors (Lipinski definition) is 6. The van der Waals surface area contributed by atoms with E-state index in [1.54, 1.807) is 57.7 Å². The summed E-state index contributed by atoms with van der Waals surface area (Å²) in [5, 5.41) is 3.61. The summed E-state index contributed by atoms with van der Waals surface area (Å²) in [5.41, 5.74) is 1.23. The van der Waals surface area contributed by atoms with Crippen molar-refractivity contribution >= 4 is 0 Å². The van der Waals surface area contributed by atoms with Crippen LogP contribution in [0.25, 0.3) is 0 Å². The van der Waals surface area contributed by atoms with Crippen molar-refractivity contribution in [2.45, 2.75) is 5.54 Å². The van der Waals surface area contributed by atoms with E-state index in [0.717, 1.165) is 17.7 Å². The molecule has 0 unspecified atom stereocenters. The van der Waals surface area contributed by atoms with Gasteiger partial charge in [-0.2, -0.15) is 0 Å². The lowest BCUT2D eigenvalue weighted by Gasteiger charge is -2.44. The molecule has 0 atom stereocenters. The van der Waals surface area contributed by atoms with E-state index in [1.807, 2.05) is 0 Å². The maximum absolute atomic E-state index is 13.7. The quantitative estimate of drug-likeness (QED) is 0.491. The Morgan fingerprint density at radius 2 is 1.37 bits per heavy atom. The summed E-state index contributed by atoms with van der Waals surface area (Å²) in [7, 11) is 4.68. The first-order chi connectivity index (χ1) is 17.0. The average molecular weight is 485 g/mol. The first-order valence-corrected chi connectivity index (χ1v) is 11.4. The fourth-order valence-electron chi connectivity index (χ4n) is 4.54. The second-order valence-electron chi connectivity index (χ2n) is 8.33. The Labute approximate surface area is 204 Å². The zero-order valence-electron chi connectivity index (χ0n) is 20.1. The number of piperazine rings is 1. The molecule has 8 heteroatoms. The van der Waals surface area contributed by atoms with Gasteiger partial charge < -0.3 is 24.3 Å². The van der Waals surface area contributed by atoms with Gasteiger partial charge in [0.05, 0.1) is 26.9 Å². The van der Waals surface area contributed by atoms with Crippen LogP contribution >= 0.6 is 0 Å². The third kappa shape index (κ3) is 5.33. The predicted molar refractivity (Wildman–Crippen MR) is 130 cm³/mol. The van der Waals surface area contributed by atoms with E-state index in [4.69, 9.17) is 18.9 Å². The Morgan fingerprint density at radius 1 is 0.829 bits per heavy atom. The van der Waals surface area contributed by atoms with E-state index < -0.39 is 5.54 Å². The Bertz CT molecular complexity index is 1050. The van der Waals surface area contributed by atoms with Crippen LogP contribution in [0, 0.1) is 11.6 Å². The third-order valence-corrected chi connectivity index (χ3v) is 6.30. The van der Waals surface area contributed by atoms with Gasteiger partial charge in [-0.3, -0.25) is 4.90 Å². The SMILES string of the molecule is COc1cc(OCCN2CCNC(c3ccc(F)cc3)(c3ccc(F)cc3)C2)cc(OC)c1OC. The van der Waals surface area contributed by atoms with Crippen molar-refractivity contribution in [1.82, 2.24) is 10.2 Å². The topological polar surface area (TPSA) is 52.2 Å². The van der Waals surface area contributed by atoms with Crippen molar-refractivity contribution in [3.63, 3.8) is 0 Å². The van der Waals surface area contributed by atoms with Crippen LogP contribution in [0.4, 0.5) is 8.78 Å². The molecule has 3 aromatic rings. The van der Waals surface area contributed by atoms with Crippen molar-refractivity contribution < 1.29 is 27.7 Å². The molecule has 0 saturated carbocycles. The minimum absolute atomic E-state index is 0.297. The summed E-state index contributed by atoms with van der Waals surface area (Å²) in [6.07, 6.45) is 0. The van der Waals surface area contributed by atoms with Gasteiger partial charge in [-0.25, -0.2) is 8.78 Å². The normalized spacial score (nSPS) is 15.5. The molecule has 186 valence electrons. The van der Waals surface area contributed by atoms with Gasteiger partial charge in [-0.15, -0.1) is 0 Å². The summed E-state index contributed by atoms with van der Waals surface area (Å²) < 4.78 is 49.5. The van der Waals surface area contributed by atoms with Crippen LogP contribution in [0.2, 0.25) is 0 Å². The maximum atomic E-state index is 13.7. The Balaban J connectivity index is 1.52. The van der Waals surface area contributed by atoms with E-state index >= 15 is 0 Å². The van der Waals surface area contributed by atoms with Gasteiger partial charge in [0.2, 0.25) is 5.75 Å². The number of halogens is 2. The molecule has 1 aliphatic heterocycles. The molecule has 0 aromatic heterocycles. The number of ether oxygens (including phenoxy) is 4. The van der Waals surface area contributed by atoms with Crippen LogP contribution in [-0.4, -0.2) is 59.0 Å². The highest BCUT2D eigenvalue weighted by Gasteiger charge is 2.38. The van der Waals surface area contributed by atoms with Crippen molar-refractivity contribution in [3.05, 3.63) is 83.4 Å². The van der Waals surface area contributed by atoms with Gasteiger partial charge in [0.25, 0.3) is 0 Å². The molecule has 35 heavy (non-hydrogen) atoms. The van der Waals surface area contributed by atoms with Gasteiger partial charge in [0.1, 0.15) is 24.0 Å². The maximum Gasteiger partial charge on any atom is 0.203 e. The summed E-state index contributed by atoms with van der Waals surface area (Å²) in [5.74, 6) is 1.57. The van der Waals surface area contributed by atoms with Gasteiger partial charge in [-0.1, -0.05) is 24.3 Å². The zero-order chi connectivity index (χ0) is 24.8. The molecule has 0 spiro atoms. The molecule has 3 aromatic carbocycles. The molecule has 1 saturated heterocycles. The van der Waals surface area contributed by atoms with Crippen LogP contribution in [-0.2, 0) is 5.54 Å². The van der Waals surface area contributed by atoms with Crippen LogP contribution < -0.4 is 24.3 Å². The predicted octanol–water partition coefficient (Wildman–Crippen LogP) is 4.22. The average Bonchev–Trinajstić information content (AvgIpc) is 2.89. The number of nitrogens with one attached hydrogen (secondary N) is 1. The lowest BCUT2D eigenvalue weighted by Crippen LogP contribution is -2.59. The van der Waals surface area contributed by atoms with Crippen LogP contribution in [0.5, 0.6) is 23.0 Å². The van der Waals surface area contributed by atoms with E-state index in [2.05, 4.69) is 10.2 Å². The highest BCUT2D eigenvalue weighted by atomic mass is 19.1. The molecule has 1 heterocycles. The van der Waals surface area contributed by atoms with Gasteiger partial charge in [0, 0.05) is 38.3 Å². The Hall–Kier alpha value is -3.36. The number of nitrogens with zero attached hydrogens (tertiary/aromatic N) is 1. The number of methoxy groups -OCH3 is 3. The highest BCUT2D eigenvalue weighted by Crippen LogP contribution is 2.41. The minimum atomic E-state index is -0.605. The molecular formula is C27H30F2N2O4. The lowest BCUT2D eigenvalue weighted by atomic mass is 9.81. The van der Waals surface area contributed by atoms with Gasteiger partial charge in [0.15, 0.2) is 11.5 Å². The van der Waals surface area contributed by atoms with E-state index in [9.17, 15) is 8.78 Å². The van der Waals surface area contributed by atoms with Crippen LogP contribution in [0.1, 0.15) is 11.1 Å². The lowest BCUT2D eigenvalue weighted by molar-refractivity contribution is 0.133. The van der Waals surface area contributed by atoms with Crippen molar-refractivity contribution in [2.24, 2.45) is 0 Å². The zero-order valence-corrected chi connectivity index (χ0v) is 20.1. The fourth-order valence-corrected chi connectivity index (χ4v) is 4.54. The third-order valence-electron chi connectivity index (χ3n) is 6.30. The second kappa shape index (κ2) is 10.9. The van der Waals surface area contributed by atoms with Crippen molar-refractivity contribution in [1.29, 1.82) is 0 Å². The molecule has 0 bridgehead atoms. The molecule has 0 aliphatic carbocycles. The molecule has 6 nitrogen and oxygen atoms in total. The highest BCUT2D eigenvalue weighted by molar-refractivity contribution is 5.55. The van der Waals surface area contributed by atoms with E-state index in [0.29, 0.717) is 49.2 Å². The minimum Gasteiger partial charge on any atom is -0.493 e. The summed E-state index contributed by atoms with van der Waals surface area (Å²) in [4.78, 5) is 2.28. The molecule has 0 radical (unpaired) electrons. The monoisotopic (exact) mass is 484 g/mol. The summed E-state index contributed by atoms with van der Waals surface area (Å²) >= 11 is 0. The van der Waals surface area contributed by atoms with Gasteiger partial charge in [-0.05, 0) is 35.4 Å². The smallest absolute Gasteiger partial charge is 0.203 e. The molecule has 1 N–H and O–H groups in total. The van der Waals surface area contributed by atoms with Crippen molar-refractivity contribution in [2.75, 3.05) is 54.1 Å². The van der Waals surface area contributed by atoms with E-state index in [1.165, 1.54) is 24.3 Å². The molecular weight excluding hydrogens is 454 g/mol. The molecule has 4 rings (SSSR count). The number of hydrogen-bond donors (Lipinski definition) is 1. The number of rotatable bonds is 9. The largest absolute Gasteiger partial charge is 0.493 e. The first-order valence-electron chi connectivity index (χ1n) is 11.4. The molecule has 1 fully saturated rings. The molecule has 1 aliphatic rings.